The van der Waals surface area contributed by atoms with Crippen LogP contribution < -0.4 is 0 Å². The van der Waals surface area contributed by atoms with E-state index in [1.807, 2.05) is 0 Å². The van der Waals surface area contributed by atoms with Gasteiger partial charge in [0.2, 0.25) is 9.84 Å². The van der Waals surface area contributed by atoms with E-state index >= 15 is 0 Å². The van der Waals surface area contributed by atoms with E-state index in [1.165, 1.54) is 35.2 Å². The number of rotatable bonds is 4. The highest BCUT2D eigenvalue weighted by molar-refractivity contribution is 7.92. The van der Waals surface area contributed by atoms with E-state index in [2.05, 4.69) is 0 Å². The van der Waals surface area contributed by atoms with E-state index in [1.54, 1.807) is 12.1 Å². The first-order valence-corrected chi connectivity index (χ1v) is 14.1. The molecule has 0 radical (unpaired) electrons. The number of amides is 1. The van der Waals surface area contributed by atoms with Gasteiger partial charge in [-0.15, -0.1) is 0 Å². The lowest BCUT2D eigenvalue weighted by atomic mass is 10.0. The van der Waals surface area contributed by atoms with E-state index in [9.17, 15) is 26.4 Å². The molecule has 0 unspecified atom stereocenters. The van der Waals surface area contributed by atoms with Crippen LogP contribution in [0, 0.1) is 0 Å². The van der Waals surface area contributed by atoms with E-state index in [-0.39, 0.29) is 50.6 Å². The van der Waals surface area contributed by atoms with Gasteiger partial charge >= 0.3 is 0 Å². The average Bonchev–Trinajstić information content (AvgIpc) is 3.44. The Morgan fingerprint density at radius 3 is 2.45 bits per heavy atom. The summed E-state index contributed by atoms with van der Waals surface area (Å²) in [5.41, 5.74) is 0.242. The molecule has 2 saturated heterocycles. The summed E-state index contributed by atoms with van der Waals surface area (Å²) in [6.45, 7) is 0.832. The SMILES string of the molecule is O=C1c2ccccc2S(=O)(=O)c2cc(C(=O)N(C[C@H]3CCCO3)[C@@H]3CCS(=O)(=O)C3)ccc21. The predicted molar refractivity (Wildman–Crippen MR) is 119 cm³/mol. The molecular formula is C23H23NO7S2. The van der Waals surface area contributed by atoms with Crippen molar-refractivity contribution in [3.63, 3.8) is 0 Å². The quantitative estimate of drug-likeness (QED) is 0.549. The van der Waals surface area contributed by atoms with Gasteiger partial charge in [-0.2, -0.15) is 0 Å². The van der Waals surface area contributed by atoms with E-state index < -0.39 is 37.4 Å². The molecule has 2 fully saturated rings. The molecule has 174 valence electrons. The predicted octanol–water partition coefficient (Wildman–Crippen LogP) is 1.87. The second kappa shape index (κ2) is 8.03. The van der Waals surface area contributed by atoms with Crippen molar-refractivity contribution in [3.05, 3.63) is 59.2 Å². The Kier molecular flexibility index (Phi) is 5.42. The molecule has 2 atom stereocenters. The van der Waals surface area contributed by atoms with Crippen molar-refractivity contribution in [3.8, 4) is 0 Å². The summed E-state index contributed by atoms with van der Waals surface area (Å²) in [7, 11) is -7.23. The maximum atomic E-state index is 13.6. The lowest BCUT2D eigenvalue weighted by Gasteiger charge is -2.31. The van der Waals surface area contributed by atoms with Gasteiger partial charge in [0.1, 0.15) is 0 Å². The van der Waals surface area contributed by atoms with Crippen LogP contribution in [0.5, 0.6) is 0 Å². The molecule has 10 heteroatoms. The van der Waals surface area contributed by atoms with Crippen LogP contribution in [0.25, 0.3) is 0 Å². The fourth-order valence-electron chi connectivity index (χ4n) is 4.81. The summed E-state index contributed by atoms with van der Waals surface area (Å²) >= 11 is 0. The van der Waals surface area contributed by atoms with Crippen molar-refractivity contribution in [1.29, 1.82) is 0 Å². The van der Waals surface area contributed by atoms with Gasteiger partial charge in [0.25, 0.3) is 5.91 Å². The molecule has 0 aromatic heterocycles. The third kappa shape index (κ3) is 3.89. The highest BCUT2D eigenvalue weighted by Gasteiger charge is 2.39. The first-order chi connectivity index (χ1) is 15.7. The molecule has 5 rings (SSSR count). The summed E-state index contributed by atoms with van der Waals surface area (Å²) in [6.07, 6.45) is 1.78. The lowest BCUT2D eigenvalue weighted by molar-refractivity contribution is 0.0441. The minimum atomic E-state index is -3.99. The molecule has 3 aliphatic rings. The number of ketones is 1. The topological polar surface area (TPSA) is 115 Å². The first-order valence-electron chi connectivity index (χ1n) is 10.8. The number of carbonyl (C=O) groups is 2. The fourth-order valence-corrected chi connectivity index (χ4v) is 8.22. The summed E-state index contributed by atoms with van der Waals surface area (Å²) in [6, 6.07) is 9.56. The summed E-state index contributed by atoms with van der Waals surface area (Å²) < 4.78 is 56.3. The van der Waals surface area contributed by atoms with Crippen LogP contribution in [-0.4, -0.2) is 70.2 Å². The summed E-state index contributed by atoms with van der Waals surface area (Å²) in [4.78, 5) is 27.7. The van der Waals surface area contributed by atoms with E-state index in [0.717, 1.165) is 12.8 Å². The zero-order valence-corrected chi connectivity index (χ0v) is 19.4. The van der Waals surface area contributed by atoms with Crippen molar-refractivity contribution in [2.45, 2.75) is 41.2 Å². The van der Waals surface area contributed by atoms with Crippen LogP contribution >= 0.6 is 0 Å². The zero-order valence-electron chi connectivity index (χ0n) is 17.8. The normalized spacial score (nSPS) is 24.8. The van der Waals surface area contributed by atoms with Crippen molar-refractivity contribution in [2.75, 3.05) is 24.7 Å². The van der Waals surface area contributed by atoms with Crippen molar-refractivity contribution < 1.29 is 31.2 Å². The molecular weight excluding hydrogens is 466 g/mol. The Labute approximate surface area is 192 Å². The zero-order chi connectivity index (χ0) is 23.4. The minimum absolute atomic E-state index is 0.0107. The largest absolute Gasteiger partial charge is 0.376 e. The second-order valence-electron chi connectivity index (χ2n) is 8.69. The van der Waals surface area contributed by atoms with Gasteiger partial charge < -0.3 is 9.64 Å². The van der Waals surface area contributed by atoms with Crippen LogP contribution in [0.2, 0.25) is 0 Å². The molecule has 0 bridgehead atoms. The van der Waals surface area contributed by atoms with Crippen molar-refractivity contribution in [1.82, 2.24) is 4.90 Å². The number of sulfone groups is 2. The van der Waals surface area contributed by atoms with Gasteiger partial charge in [-0.3, -0.25) is 9.59 Å². The van der Waals surface area contributed by atoms with E-state index in [4.69, 9.17) is 4.74 Å². The Hall–Kier alpha value is -2.56. The number of carbonyl (C=O) groups excluding carboxylic acids is 2. The van der Waals surface area contributed by atoms with Crippen LogP contribution in [0.4, 0.5) is 0 Å². The molecule has 33 heavy (non-hydrogen) atoms. The summed E-state index contributed by atoms with van der Waals surface area (Å²) in [5.74, 6) is -0.985. The molecule has 0 spiro atoms. The number of hydrogen-bond acceptors (Lipinski definition) is 7. The minimum Gasteiger partial charge on any atom is -0.376 e. The highest BCUT2D eigenvalue weighted by Crippen LogP contribution is 2.35. The van der Waals surface area contributed by atoms with Crippen LogP contribution in [0.3, 0.4) is 0 Å². The Morgan fingerprint density at radius 2 is 1.76 bits per heavy atom. The Morgan fingerprint density at radius 1 is 1.00 bits per heavy atom. The molecule has 3 aliphatic heterocycles. The van der Waals surface area contributed by atoms with Crippen LogP contribution in [-0.2, 0) is 24.4 Å². The van der Waals surface area contributed by atoms with Crippen LogP contribution in [0.15, 0.2) is 52.3 Å². The first kappa shape index (κ1) is 22.2. The maximum Gasteiger partial charge on any atom is 0.254 e. The Balaban J connectivity index is 1.53. The van der Waals surface area contributed by atoms with Gasteiger partial charge in [0.15, 0.2) is 15.6 Å². The van der Waals surface area contributed by atoms with E-state index in [0.29, 0.717) is 13.0 Å². The highest BCUT2D eigenvalue weighted by atomic mass is 32.2. The monoisotopic (exact) mass is 489 g/mol. The Bertz CT molecular complexity index is 1360. The third-order valence-electron chi connectivity index (χ3n) is 6.52. The number of hydrogen-bond donors (Lipinski definition) is 0. The fraction of sp³-hybridized carbons (Fsp3) is 0.391. The molecule has 8 nitrogen and oxygen atoms in total. The standard InChI is InChI=1S/C23H23NO7S2/c25-22-18-5-1-2-6-20(18)33(29,30)21-12-15(7-8-19(21)22)23(26)24(13-17-4-3-10-31-17)16-9-11-32(27,28)14-16/h1-2,5-8,12,16-17H,3-4,9-11,13-14H2/t16-,17-/m1/s1. The molecule has 0 aliphatic carbocycles. The average molecular weight is 490 g/mol. The van der Waals surface area contributed by atoms with Crippen molar-refractivity contribution >= 4 is 31.4 Å². The van der Waals surface area contributed by atoms with Gasteiger partial charge in [-0.25, -0.2) is 16.8 Å². The number of benzene rings is 2. The smallest absolute Gasteiger partial charge is 0.254 e. The number of ether oxygens (including phenoxy) is 1. The van der Waals surface area contributed by atoms with Crippen molar-refractivity contribution in [2.24, 2.45) is 0 Å². The van der Waals surface area contributed by atoms with Crippen LogP contribution in [0.1, 0.15) is 45.5 Å². The van der Waals surface area contributed by atoms with Gasteiger partial charge in [-0.1, -0.05) is 12.1 Å². The molecule has 2 aromatic rings. The molecule has 1 amide bonds. The van der Waals surface area contributed by atoms with Gasteiger partial charge in [-0.05, 0) is 49.6 Å². The maximum absolute atomic E-state index is 13.6. The number of nitrogens with zero attached hydrogens (tertiary/aromatic N) is 1. The lowest BCUT2D eigenvalue weighted by Crippen LogP contribution is -2.45. The second-order valence-corrected chi connectivity index (χ2v) is 12.8. The molecule has 0 saturated carbocycles. The third-order valence-corrected chi connectivity index (χ3v) is 10.1. The number of fused-ring (bicyclic) bond motifs is 2. The van der Waals surface area contributed by atoms with Gasteiger partial charge in [0, 0.05) is 35.9 Å². The summed E-state index contributed by atoms with van der Waals surface area (Å²) in [5, 5.41) is 0. The molecule has 3 heterocycles. The van der Waals surface area contributed by atoms with Gasteiger partial charge in [0.05, 0.1) is 27.4 Å². The molecule has 2 aromatic carbocycles. The molecule has 0 N–H and O–H groups in total.